The summed E-state index contributed by atoms with van der Waals surface area (Å²) in [5.41, 5.74) is -0.673. The fraction of sp³-hybridized carbons (Fsp3) is 0.900. The monoisotopic (exact) mass is 229 g/mol. The van der Waals surface area contributed by atoms with Crippen molar-refractivity contribution in [3.05, 3.63) is 0 Å². The second kappa shape index (κ2) is 3.76. The van der Waals surface area contributed by atoms with E-state index in [0.717, 1.165) is 19.4 Å². The van der Waals surface area contributed by atoms with Gasteiger partial charge < -0.3 is 4.74 Å². The number of rotatable bonds is 2. The van der Waals surface area contributed by atoms with Gasteiger partial charge in [0.2, 0.25) is 0 Å². The average Bonchev–Trinajstić information content (AvgIpc) is 2.75. The van der Waals surface area contributed by atoms with Crippen LogP contribution >= 0.6 is 0 Å². The molecule has 84 valence electrons. The van der Waals surface area contributed by atoms with Gasteiger partial charge in [0, 0.05) is 6.61 Å². The maximum atomic E-state index is 11.4. The molecule has 0 aromatic rings. The Morgan fingerprint density at radius 1 is 1.53 bits per heavy atom. The van der Waals surface area contributed by atoms with Crippen molar-refractivity contribution in [2.45, 2.75) is 31.8 Å². The summed E-state index contributed by atoms with van der Waals surface area (Å²) in [6, 6.07) is 2.20. The van der Waals surface area contributed by atoms with Crippen molar-refractivity contribution in [3.8, 4) is 6.07 Å². The fourth-order valence-corrected chi connectivity index (χ4v) is 4.47. The molecular weight excluding hydrogens is 214 g/mol. The van der Waals surface area contributed by atoms with Crippen LogP contribution in [0.1, 0.15) is 25.7 Å². The predicted molar refractivity (Wildman–Crippen MR) is 54.9 cm³/mol. The first-order chi connectivity index (χ1) is 7.05. The normalized spacial score (nSPS) is 39.0. The molecule has 0 aromatic carbocycles. The van der Waals surface area contributed by atoms with Gasteiger partial charge in [0.1, 0.15) is 0 Å². The van der Waals surface area contributed by atoms with Crippen molar-refractivity contribution < 1.29 is 13.2 Å². The third kappa shape index (κ3) is 2.32. The van der Waals surface area contributed by atoms with Gasteiger partial charge in [0.15, 0.2) is 9.84 Å². The van der Waals surface area contributed by atoms with E-state index in [0.29, 0.717) is 12.8 Å². The fourth-order valence-electron chi connectivity index (χ4n) is 2.45. The van der Waals surface area contributed by atoms with Gasteiger partial charge in [-0.1, -0.05) is 0 Å². The van der Waals surface area contributed by atoms with Crippen molar-refractivity contribution in [1.29, 1.82) is 5.26 Å². The highest BCUT2D eigenvalue weighted by atomic mass is 32.2. The number of hydrogen-bond donors (Lipinski definition) is 0. The lowest BCUT2D eigenvalue weighted by Gasteiger charge is -2.22. The molecule has 2 aliphatic heterocycles. The summed E-state index contributed by atoms with van der Waals surface area (Å²) in [7, 11) is -2.99. The van der Waals surface area contributed by atoms with Crippen LogP contribution in [0.2, 0.25) is 0 Å². The molecule has 2 fully saturated rings. The van der Waals surface area contributed by atoms with Crippen LogP contribution in [-0.4, -0.2) is 32.6 Å². The zero-order valence-corrected chi connectivity index (χ0v) is 9.42. The minimum atomic E-state index is -2.99. The van der Waals surface area contributed by atoms with E-state index in [1.165, 1.54) is 0 Å². The summed E-state index contributed by atoms with van der Waals surface area (Å²) in [5.74, 6) is 0.184. The van der Waals surface area contributed by atoms with Crippen molar-refractivity contribution in [2.24, 2.45) is 5.41 Å². The van der Waals surface area contributed by atoms with Crippen molar-refractivity contribution in [1.82, 2.24) is 0 Å². The van der Waals surface area contributed by atoms with Gasteiger partial charge >= 0.3 is 0 Å². The minimum Gasteiger partial charge on any atom is -0.378 e. The van der Waals surface area contributed by atoms with Gasteiger partial charge in [-0.05, 0) is 25.7 Å². The molecular formula is C10H15NO3S. The Labute approximate surface area is 90.1 Å². The maximum absolute atomic E-state index is 11.4. The van der Waals surface area contributed by atoms with E-state index in [4.69, 9.17) is 10.00 Å². The van der Waals surface area contributed by atoms with Crippen LogP contribution in [0.15, 0.2) is 0 Å². The third-order valence-corrected chi connectivity index (χ3v) is 5.09. The van der Waals surface area contributed by atoms with Gasteiger partial charge in [-0.3, -0.25) is 0 Å². The molecule has 0 saturated carbocycles. The van der Waals surface area contributed by atoms with Crippen LogP contribution in [0.25, 0.3) is 0 Å². The second-order valence-electron chi connectivity index (χ2n) is 4.57. The van der Waals surface area contributed by atoms with Crippen LogP contribution in [-0.2, 0) is 14.6 Å². The molecule has 2 aliphatic rings. The van der Waals surface area contributed by atoms with E-state index in [1.807, 2.05) is 0 Å². The Morgan fingerprint density at radius 3 is 2.80 bits per heavy atom. The van der Waals surface area contributed by atoms with E-state index >= 15 is 0 Å². The summed E-state index contributed by atoms with van der Waals surface area (Å²) in [6.07, 6.45) is 3.15. The van der Waals surface area contributed by atoms with E-state index in [-0.39, 0.29) is 17.6 Å². The molecule has 2 saturated heterocycles. The summed E-state index contributed by atoms with van der Waals surface area (Å²) in [4.78, 5) is 0. The Hall–Kier alpha value is -0.600. The lowest BCUT2D eigenvalue weighted by atomic mass is 9.83. The molecule has 0 aliphatic carbocycles. The standard InChI is InChI=1S/C10H15NO3S/c11-7-10(3-5-15(12,13)8-10)6-9-2-1-4-14-9/h9H,1-6,8H2. The maximum Gasteiger partial charge on any atom is 0.151 e. The van der Waals surface area contributed by atoms with Crippen LogP contribution in [0.5, 0.6) is 0 Å². The molecule has 2 unspecified atom stereocenters. The van der Waals surface area contributed by atoms with Gasteiger partial charge in [0.05, 0.1) is 29.1 Å². The quantitative estimate of drug-likeness (QED) is 0.705. The highest BCUT2D eigenvalue weighted by Crippen LogP contribution is 2.38. The van der Waals surface area contributed by atoms with Crippen molar-refractivity contribution in [2.75, 3.05) is 18.1 Å². The van der Waals surface area contributed by atoms with E-state index in [9.17, 15) is 8.42 Å². The van der Waals surface area contributed by atoms with E-state index in [2.05, 4.69) is 6.07 Å². The van der Waals surface area contributed by atoms with Crippen LogP contribution in [0.4, 0.5) is 0 Å². The average molecular weight is 229 g/mol. The molecule has 5 heteroatoms. The summed E-state index contributed by atoms with van der Waals surface area (Å²) in [5, 5.41) is 9.14. The molecule has 2 heterocycles. The Kier molecular flexibility index (Phi) is 2.73. The topological polar surface area (TPSA) is 67.2 Å². The molecule has 0 amide bonds. The summed E-state index contributed by atoms with van der Waals surface area (Å²) in [6.45, 7) is 0.749. The zero-order chi connectivity index (χ0) is 10.9. The zero-order valence-electron chi connectivity index (χ0n) is 8.61. The van der Waals surface area contributed by atoms with Crippen LogP contribution < -0.4 is 0 Å². The SMILES string of the molecule is N#CC1(CC2CCCO2)CCS(=O)(=O)C1. The smallest absolute Gasteiger partial charge is 0.151 e. The van der Waals surface area contributed by atoms with Crippen molar-refractivity contribution >= 4 is 9.84 Å². The lowest BCUT2D eigenvalue weighted by molar-refractivity contribution is 0.0815. The second-order valence-corrected chi connectivity index (χ2v) is 6.76. The number of hydrogen-bond acceptors (Lipinski definition) is 4. The molecule has 2 rings (SSSR count). The molecule has 15 heavy (non-hydrogen) atoms. The first-order valence-electron chi connectivity index (χ1n) is 5.29. The first kappa shape index (κ1) is 10.9. The van der Waals surface area contributed by atoms with Gasteiger partial charge in [-0.15, -0.1) is 0 Å². The predicted octanol–water partition coefficient (Wildman–Crippen LogP) is 0.884. The highest BCUT2D eigenvalue weighted by molar-refractivity contribution is 7.91. The highest BCUT2D eigenvalue weighted by Gasteiger charge is 2.44. The molecule has 2 atom stereocenters. The Morgan fingerprint density at radius 2 is 2.33 bits per heavy atom. The molecule has 0 N–H and O–H groups in total. The molecule has 0 aromatic heterocycles. The Balaban J connectivity index is 2.07. The van der Waals surface area contributed by atoms with E-state index in [1.54, 1.807) is 0 Å². The van der Waals surface area contributed by atoms with E-state index < -0.39 is 15.3 Å². The van der Waals surface area contributed by atoms with Crippen molar-refractivity contribution in [3.63, 3.8) is 0 Å². The van der Waals surface area contributed by atoms with Gasteiger partial charge in [-0.2, -0.15) is 5.26 Å². The lowest BCUT2D eigenvalue weighted by Crippen LogP contribution is -2.26. The summed E-state index contributed by atoms with van der Waals surface area (Å²) < 4.78 is 28.2. The minimum absolute atomic E-state index is 0.0242. The van der Waals surface area contributed by atoms with Crippen LogP contribution in [0, 0.1) is 16.7 Å². The number of ether oxygens (including phenoxy) is 1. The third-order valence-electron chi connectivity index (χ3n) is 3.27. The Bertz CT molecular complexity index is 378. The molecule has 0 spiro atoms. The first-order valence-corrected chi connectivity index (χ1v) is 7.11. The molecule has 4 nitrogen and oxygen atoms in total. The van der Waals surface area contributed by atoms with Crippen LogP contribution in [0.3, 0.4) is 0 Å². The van der Waals surface area contributed by atoms with Gasteiger partial charge in [-0.25, -0.2) is 8.42 Å². The molecule has 0 bridgehead atoms. The van der Waals surface area contributed by atoms with Gasteiger partial charge in [0.25, 0.3) is 0 Å². The number of nitriles is 1. The molecule has 0 radical (unpaired) electrons. The summed E-state index contributed by atoms with van der Waals surface area (Å²) >= 11 is 0. The number of sulfone groups is 1. The largest absolute Gasteiger partial charge is 0.378 e. The number of nitrogens with zero attached hydrogens (tertiary/aromatic N) is 1.